The van der Waals surface area contributed by atoms with E-state index in [0.29, 0.717) is 44.9 Å². The fourth-order valence-corrected chi connectivity index (χ4v) is 8.78. The number of benzene rings is 3. The van der Waals surface area contributed by atoms with Gasteiger partial charge < -0.3 is 9.67 Å². The number of nitrogens with zero attached hydrogens (tertiary/aromatic N) is 5. The van der Waals surface area contributed by atoms with Crippen LogP contribution in [0.25, 0.3) is 28.2 Å². The average molecular weight is 734 g/mol. The monoisotopic (exact) mass is 732 g/mol. The number of aliphatic hydroxyl groups excluding tert-OH is 1. The highest BCUT2D eigenvalue weighted by Gasteiger charge is 2.29. The molecule has 2 aromatic heterocycles. The molecule has 1 aliphatic carbocycles. The summed E-state index contributed by atoms with van der Waals surface area (Å²) in [6.07, 6.45) is 11.6. The van der Waals surface area contributed by atoms with Crippen molar-refractivity contribution in [3.63, 3.8) is 0 Å². The molecule has 49 heavy (non-hydrogen) atoms. The first kappa shape index (κ1) is 33.5. The minimum absolute atomic E-state index is 0.346. The quantitative estimate of drug-likeness (QED) is 0.138. The maximum absolute atomic E-state index is 12.6. The van der Waals surface area contributed by atoms with Crippen molar-refractivity contribution in [1.29, 1.82) is 0 Å². The van der Waals surface area contributed by atoms with Gasteiger partial charge in [-0.25, -0.2) is 14.0 Å². The van der Waals surface area contributed by atoms with Crippen LogP contribution < -0.4 is 9.03 Å². The summed E-state index contributed by atoms with van der Waals surface area (Å²) in [7, 11) is -3.96. The van der Waals surface area contributed by atoms with Gasteiger partial charge in [-0.05, 0) is 72.2 Å². The third kappa shape index (κ3) is 7.75. The molecule has 1 fully saturated rings. The number of imidazole rings is 1. The van der Waals surface area contributed by atoms with Crippen molar-refractivity contribution >= 4 is 50.9 Å². The highest BCUT2D eigenvalue weighted by molar-refractivity contribution is 7.99. The van der Waals surface area contributed by atoms with E-state index in [-0.39, 0.29) is 0 Å². The summed E-state index contributed by atoms with van der Waals surface area (Å²) in [5.41, 5.74) is 5.17. The van der Waals surface area contributed by atoms with Crippen molar-refractivity contribution in [2.24, 2.45) is 5.92 Å². The molecule has 0 amide bonds. The number of hydrogen-bond donors (Lipinski definition) is 2. The Morgan fingerprint density at radius 1 is 0.898 bits per heavy atom. The van der Waals surface area contributed by atoms with Crippen molar-refractivity contribution in [2.75, 3.05) is 10.1 Å². The second-order valence-electron chi connectivity index (χ2n) is 12.2. The summed E-state index contributed by atoms with van der Waals surface area (Å²) in [5.74, 6) is 2.19. The molecule has 3 aromatic carbocycles. The van der Waals surface area contributed by atoms with Crippen LogP contribution in [0.4, 0.5) is 5.69 Å². The molecule has 5 aromatic rings. The van der Waals surface area contributed by atoms with Gasteiger partial charge in [0.2, 0.25) is 5.88 Å². The molecule has 0 unspecified atom stereocenters. The van der Waals surface area contributed by atoms with E-state index in [9.17, 15) is 13.5 Å². The van der Waals surface area contributed by atoms with Gasteiger partial charge >= 0.3 is 10.2 Å². The van der Waals surface area contributed by atoms with Gasteiger partial charge in [0.25, 0.3) is 0 Å². The van der Waals surface area contributed by atoms with Gasteiger partial charge in [0.1, 0.15) is 10.9 Å². The molecule has 1 saturated carbocycles. The van der Waals surface area contributed by atoms with Crippen molar-refractivity contribution in [2.45, 2.75) is 50.0 Å². The van der Waals surface area contributed by atoms with Crippen LogP contribution in [0.3, 0.4) is 0 Å². The second-order valence-corrected chi connectivity index (χ2v) is 15.8. The molecule has 13 heteroatoms. The maximum atomic E-state index is 12.6. The van der Waals surface area contributed by atoms with E-state index >= 15 is 0 Å². The average Bonchev–Trinajstić information content (AvgIpc) is 3.64. The predicted molar refractivity (Wildman–Crippen MR) is 196 cm³/mol. The van der Waals surface area contributed by atoms with Gasteiger partial charge in [-0.15, -0.1) is 22.0 Å². The minimum atomic E-state index is -3.96. The lowest BCUT2D eigenvalue weighted by Crippen LogP contribution is -2.29. The molecule has 0 atom stereocenters. The maximum Gasteiger partial charge on any atom is 0.330 e. The number of nitrogens with one attached hydrogen (secondary N) is 1. The SMILES string of the molecule is O=S1(=O)NC(O)=CN1c1cccc(-n2cc(-c3ccc(Cl)cc3Cl)nc2Cc2ccc(-c3ccc(SCCC4CCCCC4)nn3)cc2)c1. The van der Waals surface area contributed by atoms with E-state index in [1.54, 1.807) is 42.1 Å². The number of hydrogen-bond acceptors (Lipinski definition) is 7. The van der Waals surface area contributed by atoms with Crippen molar-refractivity contribution in [3.05, 3.63) is 119 Å². The van der Waals surface area contributed by atoms with E-state index in [1.165, 1.54) is 38.5 Å². The molecule has 9 nitrogen and oxygen atoms in total. The Bertz CT molecular complexity index is 2100. The Morgan fingerprint density at radius 2 is 1.69 bits per heavy atom. The molecule has 2 N–H and O–H groups in total. The molecule has 0 radical (unpaired) electrons. The van der Waals surface area contributed by atoms with Gasteiger partial charge in [0, 0.05) is 34.5 Å². The van der Waals surface area contributed by atoms with Crippen molar-refractivity contribution in [3.8, 4) is 28.2 Å². The lowest BCUT2D eigenvalue weighted by Gasteiger charge is -2.20. The summed E-state index contributed by atoms with van der Waals surface area (Å²) in [6.45, 7) is 0. The molecule has 0 bridgehead atoms. The summed E-state index contributed by atoms with van der Waals surface area (Å²) in [6, 6.07) is 24.5. The lowest BCUT2D eigenvalue weighted by molar-refractivity contribution is 0.351. The van der Waals surface area contributed by atoms with E-state index in [2.05, 4.69) is 21.0 Å². The van der Waals surface area contributed by atoms with Crippen LogP contribution in [-0.4, -0.2) is 39.0 Å². The molecule has 0 saturated heterocycles. The second kappa shape index (κ2) is 14.4. The molecule has 252 valence electrons. The molecule has 3 heterocycles. The molecule has 7 rings (SSSR count). The summed E-state index contributed by atoms with van der Waals surface area (Å²) >= 11 is 14.5. The first-order chi connectivity index (χ1) is 23.7. The van der Waals surface area contributed by atoms with Crippen LogP contribution in [-0.2, 0) is 16.6 Å². The molecule has 0 spiro atoms. The number of aliphatic hydroxyl groups is 1. The Morgan fingerprint density at radius 3 is 2.41 bits per heavy atom. The number of rotatable bonds is 10. The Balaban J connectivity index is 1.12. The van der Waals surface area contributed by atoms with Crippen LogP contribution in [0.2, 0.25) is 10.0 Å². The van der Waals surface area contributed by atoms with Crippen LogP contribution in [0.15, 0.2) is 102 Å². The van der Waals surface area contributed by atoms with Gasteiger partial charge in [0.05, 0.1) is 28.3 Å². The first-order valence-electron chi connectivity index (χ1n) is 16.1. The van der Waals surface area contributed by atoms with E-state index in [1.807, 2.05) is 53.2 Å². The van der Waals surface area contributed by atoms with Crippen molar-refractivity contribution < 1.29 is 13.5 Å². The van der Waals surface area contributed by atoms with E-state index in [4.69, 9.17) is 28.2 Å². The summed E-state index contributed by atoms with van der Waals surface area (Å²) < 4.78 is 30.1. The van der Waals surface area contributed by atoms with Crippen molar-refractivity contribution in [1.82, 2.24) is 24.5 Å². The minimum Gasteiger partial charge on any atom is -0.493 e. The number of thioether (sulfide) groups is 1. The Kier molecular flexibility index (Phi) is 9.87. The zero-order valence-corrected chi connectivity index (χ0v) is 29.6. The third-order valence-electron chi connectivity index (χ3n) is 8.83. The zero-order chi connectivity index (χ0) is 34.0. The van der Waals surface area contributed by atoms with Gasteiger partial charge in [-0.3, -0.25) is 0 Å². The molecule has 1 aliphatic heterocycles. The largest absolute Gasteiger partial charge is 0.493 e. The van der Waals surface area contributed by atoms with Crippen LogP contribution in [0.1, 0.15) is 49.9 Å². The summed E-state index contributed by atoms with van der Waals surface area (Å²) in [4.78, 5) is 4.97. The van der Waals surface area contributed by atoms with Gasteiger partial charge in [-0.1, -0.05) is 85.6 Å². The predicted octanol–water partition coefficient (Wildman–Crippen LogP) is 8.97. The van der Waals surface area contributed by atoms with Gasteiger partial charge in [-0.2, -0.15) is 8.42 Å². The summed E-state index contributed by atoms with van der Waals surface area (Å²) in [5, 5.41) is 20.8. The Labute approximate surface area is 300 Å². The Hall–Kier alpha value is -4.03. The van der Waals surface area contributed by atoms with Crippen LogP contribution in [0, 0.1) is 5.92 Å². The molecular formula is C36H34Cl2N6O3S2. The first-order valence-corrected chi connectivity index (χ1v) is 19.3. The topological polar surface area (TPSA) is 113 Å². The lowest BCUT2D eigenvalue weighted by atomic mass is 9.88. The highest BCUT2D eigenvalue weighted by Crippen LogP contribution is 2.33. The normalized spacial score (nSPS) is 16.0. The third-order valence-corrected chi connectivity index (χ3v) is 11.6. The fraction of sp³-hybridized carbons (Fsp3) is 0.250. The number of halogens is 2. The molecule has 2 aliphatic rings. The van der Waals surface area contributed by atoms with E-state index < -0.39 is 16.1 Å². The fourth-order valence-electron chi connectivity index (χ4n) is 6.31. The van der Waals surface area contributed by atoms with Crippen LogP contribution in [0.5, 0.6) is 0 Å². The number of anilines is 1. The van der Waals surface area contributed by atoms with Crippen LogP contribution >= 0.6 is 35.0 Å². The molecular weight excluding hydrogens is 699 g/mol. The highest BCUT2D eigenvalue weighted by atomic mass is 35.5. The van der Waals surface area contributed by atoms with E-state index in [0.717, 1.165) is 44.0 Å². The zero-order valence-electron chi connectivity index (χ0n) is 26.5. The standard InChI is InChI=1S/C36H34Cl2N6O3S2/c37-27-13-14-30(31(38)20-27)33-22-43(28-7-4-8-29(21-28)44-23-35(45)42-49(44,46)47)34(39-33)19-25-9-11-26(12-10-25)32-15-16-36(41-40-32)48-18-17-24-5-2-1-3-6-24/h4,7-16,20-24,42,45H,1-3,5-6,17-19H2. The number of aromatic nitrogens is 4. The smallest absolute Gasteiger partial charge is 0.330 e. The van der Waals surface area contributed by atoms with Gasteiger partial charge in [0.15, 0.2) is 0 Å².